The lowest BCUT2D eigenvalue weighted by atomic mass is 9.81. The molecule has 216 valence electrons. The van der Waals surface area contributed by atoms with Crippen molar-refractivity contribution in [1.29, 1.82) is 0 Å². The number of nitrogens with zero attached hydrogens (tertiary/aromatic N) is 4. The highest BCUT2D eigenvalue weighted by atomic mass is 19.4. The minimum absolute atomic E-state index is 0.0138. The maximum Gasteiger partial charge on any atom is 0.416 e. The van der Waals surface area contributed by atoms with Crippen molar-refractivity contribution in [2.24, 2.45) is 5.92 Å². The number of benzene rings is 2. The van der Waals surface area contributed by atoms with Crippen molar-refractivity contribution in [2.45, 2.75) is 55.8 Å². The Morgan fingerprint density at radius 1 is 0.976 bits per heavy atom. The number of piperidine rings is 1. The Kier molecular flexibility index (Phi) is 6.16. The summed E-state index contributed by atoms with van der Waals surface area (Å²) in [5, 5.41) is 11.9. The average molecular weight is 574 g/mol. The first-order valence-corrected chi connectivity index (χ1v) is 14.2. The number of fused-ring (bicyclic) bond motifs is 2. The van der Waals surface area contributed by atoms with E-state index in [1.54, 1.807) is 24.4 Å². The Balaban J connectivity index is 1.26. The van der Waals surface area contributed by atoms with E-state index in [4.69, 9.17) is 10.7 Å². The van der Waals surface area contributed by atoms with E-state index in [1.165, 1.54) is 6.07 Å². The highest BCUT2D eigenvalue weighted by Crippen LogP contribution is 2.50. The molecule has 4 heterocycles. The van der Waals surface area contributed by atoms with E-state index < -0.39 is 17.3 Å². The molecule has 4 aromatic rings. The largest absolute Gasteiger partial charge is 0.416 e. The molecule has 42 heavy (non-hydrogen) atoms. The van der Waals surface area contributed by atoms with Crippen molar-refractivity contribution in [3.05, 3.63) is 95.6 Å². The number of hydrogen-bond donors (Lipinski definition) is 2. The average Bonchev–Trinajstić information content (AvgIpc) is 3.77. The molecule has 0 radical (unpaired) electrons. The molecule has 3 aliphatic rings. The van der Waals surface area contributed by atoms with Crippen LogP contribution in [0.25, 0.3) is 16.8 Å². The first-order chi connectivity index (χ1) is 20.1. The summed E-state index contributed by atoms with van der Waals surface area (Å²) >= 11 is 0. The molecule has 2 fully saturated rings. The van der Waals surface area contributed by atoms with Crippen molar-refractivity contribution in [3.63, 3.8) is 0 Å². The molecule has 3 N–H and O–H groups in total. The van der Waals surface area contributed by atoms with E-state index >= 15 is 0 Å². The van der Waals surface area contributed by atoms with Gasteiger partial charge in [0, 0.05) is 36.8 Å². The Labute approximate surface area is 240 Å². The van der Waals surface area contributed by atoms with E-state index in [2.05, 4.69) is 11.1 Å². The van der Waals surface area contributed by atoms with Crippen LogP contribution in [0.5, 0.6) is 0 Å². The molecule has 2 aliphatic heterocycles. The zero-order valence-corrected chi connectivity index (χ0v) is 22.8. The molecule has 7 nitrogen and oxygen atoms in total. The number of nitrogens with two attached hydrogens (primary N) is 1. The van der Waals surface area contributed by atoms with Gasteiger partial charge in [-0.2, -0.15) is 13.2 Å². The van der Waals surface area contributed by atoms with Crippen LogP contribution < -0.4 is 5.73 Å². The zero-order valence-electron chi connectivity index (χ0n) is 22.8. The molecule has 1 aliphatic carbocycles. The van der Waals surface area contributed by atoms with Gasteiger partial charge in [-0.1, -0.05) is 48.6 Å². The number of nitrogen functional groups attached to an aromatic ring is 1. The summed E-state index contributed by atoms with van der Waals surface area (Å²) in [6.45, 7) is 0.568. The smallest absolute Gasteiger partial charge is 0.382 e. The van der Waals surface area contributed by atoms with Gasteiger partial charge in [0.2, 0.25) is 5.91 Å². The zero-order chi connectivity index (χ0) is 29.2. The number of aliphatic hydroxyl groups is 1. The number of amides is 1. The maximum atomic E-state index is 13.5. The Hall–Kier alpha value is -4.18. The van der Waals surface area contributed by atoms with Crippen molar-refractivity contribution >= 4 is 17.2 Å². The number of halogens is 3. The van der Waals surface area contributed by atoms with E-state index in [-0.39, 0.29) is 29.3 Å². The van der Waals surface area contributed by atoms with Gasteiger partial charge in [0.05, 0.1) is 11.6 Å². The number of carbonyl (C=O) groups is 1. The molecule has 3 atom stereocenters. The monoisotopic (exact) mass is 573 g/mol. The minimum atomic E-state index is -4.50. The second-order valence-electron chi connectivity index (χ2n) is 11.6. The molecular weight excluding hydrogens is 543 g/mol. The Bertz CT molecular complexity index is 1710. The van der Waals surface area contributed by atoms with Crippen LogP contribution in [-0.4, -0.2) is 42.9 Å². The van der Waals surface area contributed by atoms with Crippen molar-refractivity contribution < 1.29 is 23.1 Å². The molecule has 0 spiro atoms. The predicted molar refractivity (Wildman–Crippen MR) is 151 cm³/mol. The second kappa shape index (κ2) is 9.69. The molecule has 1 amide bonds. The third-order valence-electron chi connectivity index (χ3n) is 8.97. The quantitative estimate of drug-likeness (QED) is 0.300. The van der Waals surface area contributed by atoms with Crippen molar-refractivity contribution in [3.8, 4) is 11.3 Å². The SMILES string of the molecule is Nc1nccn2c([C@@H]3CC[C@H]4C=CCC(=O)N4C3)nc(-c3ccc(C(O)(c4cccc(C(F)(F)F)c4)C4CC4)cc3)c12. The van der Waals surface area contributed by atoms with Gasteiger partial charge < -0.3 is 15.7 Å². The van der Waals surface area contributed by atoms with Gasteiger partial charge in [-0.05, 0) is 54.9 Å². The van der Waals surface area contributed by atoms with Crippen LogP contribution in [0.1, 0.15) is 60.5 Å². The van der Waals surface area contributed by atoms with Gasteiger partial charge in [0.25, 0.3) is 0 Å². The summed E-state index contributed by atoms with van der Waals surface area (Å²) in [6.07, 6.45) is 6.58. The lowest BCUT2D eigenvalue weighted by Crippen LogP contribution is -2.47. The summed E-state index contributed by atoms with van der Waals surface area (Å²) < 4.78 is 42.4. The molecule has 1 saturated carbocycles. The lowest BCUT2D eigenvalue weighted by molar-refractivity contribution is -0.137. The number of imidazole rings is 1. The number of alkyl halides is 3. The normalized spacial score (nSPS) is 22.3. The summed E-state index contributed by atoms with van der Waals surface area (Å²) in [4.78, 5) is 23.9. The van der Waals surface area contributed by atoms with Crippen molar-refractivity contribution in [1.82, 2.24) is 19.3 Å². The number of anilines is 1. The molecule has 7 rings (SSSR count). The van der Waals surface area contributed by atoms with Gasteiger partial charge in [-0.25, -0.2) is 9.97 Å². The highest BCUT2D eigenvalue weighted by Gasteiger charge is 2.47. The number of hydrogen-bond acceptors (Lipinski definition) is 5. The maximum absolute atomic E-state index is 13.5. The summed E-state index contributed by atoms with van der Waals surface area (Å²) in [5.41, 5.74) is 6.81. The van der Waals surface area contributed by atoms with Gasteiger partial charge in [0.1, 0.15) is 28.5 Å². The van der Waals surface area contributed by atoms with Crippen LogP contribution in [0, 0.1) is 5.92 Å². The third-order valence-corrected chi connectivity index (χ3v) is 8.97. The van der Waals surface area contributed by atoms with E-state index in [0.29, 0.717) is 35.6 Å². The fourth-order valence-electron chi connectivity index (χ4n) is 6.66. The lowest BCUT2D eigenvalue weighted by Gasteiger charge is -2.39. The first-order valence-electron chi connectivity index (χ1n) is 14.2. The van der Waals surface area contributed by atoms with E-state index in [9.17, 15) is 23.1 Å². The molecule has 1 saturated heterocycles. The Morgan fingerprint density at radius 3 is 2.48 bits per heavy atom. The topological polar surface area (TPSA) is 96.8 Å². The Morgan fingerprint density at radius 2 is 1.74 bits per heavy atom. The number of aromatic nitrogens is 3. The van der Waals surface area contributed by atoms with Crippen LogP contribution in [0.15, 0.2) is 73.1 Å². The molecule has 2 aromatic heterocycles. The van der Waals surface area contributed by atoms with Crippen LogP contribution in [0.3, 0.4) is 0 Å². The molecule has 10 heteroatoms. The molecule has 2 aromatic carbocycles. The fourth-order valence-corrected chi connectivity index (χ4v) is 6.66. The van der Waals surface area contributed by atoms with Gasteiger partial charge >= 0.3 is 6.18 Å². The van der Waals surface area contributed by atoms with Crippen LogP contribution in [-0.2, 0) is 16.6 Å². The molecule has 1 unspecified atom stereocenters. The molecule has 0 bridgehead atoms. The number of carbonyl (C=O) groups excluding carboxylic acids is 1. The summed E-state index contributed by atoms with van der Waals surface area (Å²) in [5.74, 6) is 1.08. The molecular formula is C32H30F3N5O2. The second-order valence-corrected chi connectivity index (χ2v) is 11.6. The standard InChI is InChI=1S/C32H30F3N5O2/c33-32(34,35)24-4-1-3-23(17-24)31(42,22-12-13-22)21-10-7-19(8-11-21)27-28-29(36)37-15-16-39(28)30(38-27)20-9-14-25-5-2-6-26(41)40(25)18-20/h1-5,7-8,10-11,15-17,20,22,25,42H,6,9,12-14,18H2,(H2,36,37)/t20-,25-,31?/m1/s1. The van der Waals surface area contributed by atoms with Crippen LogP contribution in [0.4, 0.5) is 19.0 Å². The van der Waals surface area contributed by atoms with Gasteiger partial charge in [0.15, 0.2) is 0 Å². The minimum Gasteiger partial charge on any atom is -0.382 e. The fraction of sp³-hybridized carbons (Fsp3) is 0.344. The highest BCUT2D eigenvalue weighted by molar-refractivity contribution is 5.85. The first kappa shape index (κ1) is 26.7. The predicted octanol–water partition coefficient (Wildman–Crippen LogP) is 5.68. The van der Waals surface area contributed by atoms with Crippen molar-refractivity contribution in [2.75, 3.05) is 12.3 Å². The summed E-state index contributed by atoms with van der Waals surface area (Å²) in [7, 11) is 0. The van der Waals surface area contributed by atoms with Crippen LogP contribution in [0.2, 0.25) is 0 Å². The van der Waals surface area contributed by atoms with Gasteiger partial charge in [-0.15, -0.1) is 0 Å². The van der Waals surface area contributed by atoms with Crippen LogP contribution >= 0.6 is 0 Å². The summed E-state index contributed by atoms with van der Waals surface area (Å²) in [6, 6.07) is 12.3. The van der Waals surface area contributed by atoms with E-state index in [1.807, 2.05) is 33.7 Å². The third kappa shape index (κ3) is 4.36. The van der Waals surface area contributed by atoms with Gasteiger partial charge in [-0.3, -0.25) is 9.20 Å². The van der Waals surface area contributed by atoms with E-state index in [0.717, 1.165) is 49.2 Å². The number of rotatable bonds is 5.